The summed E-state index contributed by atoms with van der Waals surface area (Å²) in [4.78, 5) is 28.5. The summed E-state index contributed by atoms with van der Waals surface area (Å²) in [5.41, 5.74) is -0.0630. The van der Waals surface area contributed by atoms with Crippen LogP contribution in [0.15, 0.2) is 0 Å². The summed E-state index contributed by atoms with van der Waals surface area (Å²) in [6, 6.07) is 0. The van der Waals surface area contributed by atoms with Crippen molar-refractivity contribution in [2.24, 2.45) is 5.92 Å². The van der Waals surface area contributed by atoms with Crippen LogP contribution in [0.4, 0.5) is 0 Å². The van der Waals surface area contributed by atoms with Crippen LogP contribution < -0.4 is 5.32 Å². The molecule has 0 radical (unpaired) electrons. The molecule has 0 aromatic carbocycles. The van der Waals surface area contributed by atoms with Gasteiger partial charge < -0.3 is 10.4 Å². The molecular weight excluding hydrogens is 288 g/mol. The first-order valence-corrected chi connectivity index (χ1v) is 8.01. The highest BCUT2D eigenvalue weighted by Crippen LogP contribution is 2.24. The first kappa shape index (κ1) is 17.6. The zero-order valence-electron chi connectivity index (χ0n) is 13.3. The molecule has 0 saturated carbocycles. The van der Waals surface area contributed by atoms with Crippen molar-refractivity contribution in [3.05, 3.63) is 15.6 Å². The number of rotatable bonds is 7. The molecule has 0 aliphatic heterocycles. The number of hydrogen-bond donors (Lipinski definition) is 2. The number of carboxylic acids is 1. The number of aryl methyl sites for hydroxylation is 2. The minimum atomic E-state index is -0.917. The van der Waals surface area contributed by atoms with E-state index in [0.717, 1.165) is 17.8 Å². The van der Waals surface area contributed by atoms with Gasteiger partial charge in [-0.3, -0.25) is 9.59 Å². The van der Waals surface area contributed by atoms with E-state index in [0.29, 0.717) is 10.6 Å². The molecule has 2 N–H and O–H groups in total. The van der Waals surface area contributed by atoms with Gasteiger partial charge in [0.25, 0.3) is 5.91 Å². The van der Waals surface area contributed by atoms with Gasteiger partial charge in [-0.1, -0.05) is 20.8 Å². The number of hydrogen-bond acceptors (Lipinski definition) is 4. The van der Waals surface area contributed by atoms with Crippen LogP contribution in [-0.2, 0) is 11.2 Å². The molecule has 1 rings (SSSR count). The van der Waals surface area contributed by atoms with Gasteiger partial charge in [-0.2, -0.15) is 0 Å². The molecule has 118 valence electrons. The van der Waals surface area contributed by atoms with Crippen molar-refractivity contribution in [3.63, 3.8) is 0 Å². The number of nitrogens with zero attached hydrogens (tertiary/aromatic N) is 1. The molecule has 1 aromatic rings. The normalized spacial score (nSPS) is 14.0. The van der Waals surface area contributed by atoms with Crippen molar-refractivity contribution in [3.8, 4) is 0 Å². The van der Waals surface area contributed by atoms with Gasteiger partial charge in [-0.05, 0) is 32.6 Å². The lowest BCUT2D eigenvalue weighted by Crippen LogP contribution is -2.51. The highest BCUT2D eigenvalue weighted by atomic mass is 32.1. The summed E-state index contributed by atoms with van der Waals surface area (Å²) in [5, 5.41) is 12.9. The van der Waals surface area contributed by atoms with Crippen LogP contribution in [0.3, 0.4) is 0 Å². The van der Waals surface area contributed by atoms with E-state index >= 15 is 0 Å². The van der Waals surface area contributed by atoms with Crippen LogP contribution in [-0.4, -0.2) is 27.5 Å². The Labute approximate surface area is 129 Å². The molecule has 0 fully saturated rings. The van der Waals surface area contributed by atoms with E-state index in [9.17, 15) is 9.59 Å². The smallest absolute Gasteiger partial charge is 0.305 e. The van der Waals surface area contributed by atoms with E-state index in [2.05, 4.69) is 17.2 Å². The van der Waals surface area contributed by atoms with E-state index in [1.54, 1.807) is 6.92 Å². The van der Waals surface area contributed by atoms with Crippen LogP contribution in [0.1, 0.15) is 60.9 Å². The zero-order valence-corrected chi connectivity index (χ0v) is 14.1. The predicted molar refractivity (Wildman–Crippen MR) is 83.8 cm³/mol. The number of nitrogens with one attached hydrogen (secondary N) is 1. The minimum absolute atomic E-state index is 0.0147. The molecule has 1 aromatic heterocycles. The molecule has 0 saturated heterocycles. The maximum absolute atomic E-state index is 12.5. The average Bonchev–Trinajstić information content (AvgIpc) is 2.69. The summed E-state index contributed by atoms with van der Waals surface area (Å²) in [6.45, 7) is 9.47. The number of carboxylic acid groups (broad SMARTS) is 1. The summed E-state index contributed by atoms with van der Waals surface area (Å²) in [5.74, 6) is -1.13. The molecule has 0 spiro atoms. The first-order chi connectivity index (χ1) is 9.69. The lowest BCUT2D eigenvalue weighted by molar-refractivity contribution is -0.138. The standard InChI is InChI=1S/C15H24N2O3S/c1-6-7-11-16-10(4)13(21-11)14(20)17-15(5,9(2)3)8-12(18)19/h9H,6-8H2,1-5H3,(H,17,20)(H,18,19). The number of aliphatic carboxylic acids is 1. The largest absolute Gasteiger partial charge is 0.481 e. The SMILES string of the molecule is CCCc1nc(C)c(C(=O)NC(C)(CC(=O)O)C(C)C)s1. The fourth-order valence-corrected chi connectivity index (χ4v) is 3.07. The number of amides is 1. The van der Waals surface area contributed by atoms with E-state index < -0.39 is 11.5 Å². The van der Waals surface area contributed by atoms with Gasteiger partial charge in [0.1, 0.15) is 4.88 Å². The van der Waals surface area contributed by atoms with Crippen molar-refractivity contribution >= 4 is 23.2 Å². The maximum atomic E-state index is 12.5. The first-order valence-electron chi connectivity index (χ1n) is 7.20. The van der Waals surface area contributed by atoms with Crippen molar-refractivity contribution in [1.82, 2.24) is 10.3 Å². The fraction of sp³-hybridized carbons (Fsp3) is 0.667. The Balaban J connectivity index is 2.94. The molecule has 0 aliphatic carbocycles. The second-order valence-electron chi connectivity index (χ2n) is 5.87. The topological polar surface area (TPSA) is 79.3 Å². The molecule has 0 bridgehead atoms. The van der Waals surface area contributed by atoms with Crippen molar-refractivity contribution < 1.29 is 14.7 Å². The summed E-state index contributed by atoms with van der Waals surface area (Å²) in [6.07, 6.45) is 1.74. The van der Waals surface area contributed by atoms with Gasteiger partial charge in [-0.15, -0.1) is 11.3 Å². The van der Waals surface area contributed by atoms with Gasteiger partial charge in [0.05, 0.1) is 22.7 Å². The molecule has 5 nitrogen and oxygen atoms in total. The Bertz CT molecular complexity index is 525. The van der Waals surface area contributed by atoms with E-state index in [1.165, 1.54) is 11.3 Å². The average molecular weight is 312 g/mol. The fourth-order valence-electron chi connectivity index (χ4n) is 2.01. The minimum Gasteiger partial charge on any atom is -0.481 e. The van der Waals surface area contributed by atoms with E-state index in [4.69, 9.17) is 5.11 Å². The number of carbonyl (C=O) groups excluding carboxylic acids is 1. The molecule has 21 heavy (non-hydrogen) atoms. The molecule has 0 aliphatic rings. The lowest BCUT2D eigenvalue weighted by Gasteiger charge is -2.33. The third-order valence-corrected chi connectivity index (χ3v) is 4.92. The van der Waals surface area contributed by atoms with Crippen LogP contribution in [0.5, 0.6) is 0 Å². The highest BCUT2D eigenvalue weighted by molar-refractivity contribution is 7.13. The maximum Gasteiger partial charge on any atom is 0.305 e. The quantitative estimate of drug-likeness (QED) is 0.811. The second-order valence-corrected chi connectivity index (χ2v) is 6.95. The Kier molecular flexibility index (Phi) is 5.89. The van der Waals surface area contributed by atoms with E-state index in [1.807, 2.05) is 20.8 Å². The van der Waals surface area contributed by atoms with Gasteiger partial charge in [-0.25, -0.2) is 4.98 Å². The van der Waals surface area contributed by atoms with Crippen molar-refractivity contribution in [2.45, 2.75) is 59.4 Å². The van der Waals surface area contributed by atoms with Crippen LogP contribution in [0.25, 0.3) is 0 Å². The van der Waals surface area contributed by atoms with Gasteiger partial charge >= 0.3 is 5.97 Å². The number of thiazole rings is 1. The third kappa shape index (κ3) is 4.52. The van der Waals surface area contributed by atoms with Crippen molar-refractivity contribution in [1.29, 1.82) is 0 Å². The monoisotopic (exact) mass is 312 g/mol. The summed E-state index contributed by atoms with van der Waals surface area (Å²) < 4.78 is 0. The lowest BCUT2D eigenvalue weighted by atomic mass is 9.85. The molecule has 1 unspecified atom stereocenters. The van der Waals surface area contributed by atoms with Crippen LogP contribution in [0, 0.1) is 12.8 Å². The van der Waals surface area contributed by atoms with Gasteiger partial charge in [0.2, 0.25) is 0 Å². The molecule has 1 heterocycles. The molecule has 1 atom stereocenters. The Hall–Kier alpha value is -1.43. The zero-order chi connectivity index (χ0) is 16.2. The van der Waals surface area contributed by atoms with Gasteiger partial charge in [0, 0.05) is 0 Å². The van der Waals surface area contributed by atoms with Gasteiger partial charge in [0.15, 0.2) is 0 Å². The van der Waals surface area contributed by atoms with Crippen LogP contribution >= 0.6 is 11.3 Å². The second kappa shape index (κ2) is 7.02. The van der Waals surface area contributed by atoms with Crippen LogP contribution in [0.2, 0.25) is 0 Å². The molecular formula is C15H24N2O3S. The Morgan fingerprint density at radius 2 is 2.05 bits per heavy atom. The highest BCUT2D eigenvalue weighted by Gasteiger charge is 2.34. The number of aromatic nitrogens is 1. The third-order valence-electron chi connectivity index (χ3n) is 3.70. The van der Waals surface area contributed by atoms with Crippen molar-refractivity contribution in [2.75, 3.05) is 0 Å². The summed E-state index contributed by atoms with van der Waals surface area (Å²) >= 11 is 1.39. The Morgan fingerprint density at radius 3 is 2.52 bits per heavy atom. The predicted octanol–water partition coefficient (Wildman–Crippen LogP) is 3.02. The molecule has 6 heteroatoms. The number of carbonyl (C=O) groups is 2. The Morgan fingerprint density at radius 1 is 1.43 bits per heavy atom. The van der Waals surface area contributed by atoms with E-state index in [-0.39, 0.29) is 18.2 Å². The molecule has 1 amide bonds. The summed E-state index contributed by atoms with van der Waals surface area (Å²) in [7, 11) is 0.